The minimum atomic E-state index is 0.413. The predicted octanol–water partition coefficient (Wildman–Crippen LogP) is 2.93. The zero-order valence-corrected chi connectivity index (χ0v) is 10.4. The third-order valence-electron chi connectivity index (χ3n) is 1.97. The van der Waals surface area contributed by atoms with Crippen molar-refractivity contribution in [1.29, 1.82) is 0 Å². The Balaban J connectivity index is 2.56. The molecule has 0 unspecified atom stereocenters. The molecule has 2 nitrogen and oxygen atoms in total. The van der Waals surface area contributed by atoms with Crippen LogP contribution in [0.2, 0.25) is 5.02 Å². The van der Waals surface area contributed by atoms with Crippen molar-refractivity contribution < 1.29 is 4.74 Å². The molecule has 4 heteroatoms. The minimum Gasteiger partial charge on any atom is -0.492 e. The van der Waals surface area contributed by atoms with Crippen molar-refractivity contribution in [3.8, 4) is 5.75 Å². The van der Waals surface area contributed by atoms with Crippen molar-refractivity contribution in [3.63, 3.8) is 0 Å². The highest BCUT2D eigenvalue weighted by atomic mass is 35.5. The summed E-state index contributed by atoms with van der Waals surface area (Å²) in [6.45, 7) is 3.25. The molecule has 0 radical (unpaired) electrons. The van der Waals surface area contributed by atoms with Crippen molar-refractivity contribution in [3.05, 3.63) is 28.8 Å². The average Bonchev–Trinajstić information content (AvgIpc) is 2.24. The molecule has 0 saturated carbocycles. The van der Waals surface area contributed by atoms with E-state index in [1.54, 1.807) is 0 Å². The molecule has 0 aliphatic carbocycles. The molecule has 0 spiro atoms. The Morgan fingerprint density at radius 1 is 1.47 bits per heavy atom. The lowest BCUT2D eigenvalue weighted by molar-refractivity contribution is 0.340. The molecule has 0 bridgehead atoms. The van der Waals surface area contributed by atoms with Gasteiger partial charge in [-0.2, -0.15) is 11.8 Å². The largest absolute Gasteiger partial charge is 0.492 e. The molecule has 15 heavy (non-hydrogen) atoms. The van der Waals surface area contributed by atoms with Crippen LogP contribution in [-0.4, -0.2) is 18.1 Å². The van der Waals surface area contributed by atoms with Gasteiger partial charge in [0.25, 0.3) is 0 Å². The Morgan fingerprint density at radius 3 is 2.93 bits per heavy atom. The lowest BCUT2D eigenvalue weighted by Crippen LogP contribution is -2.06. The molecule has 0 aromatic heterocycles. The number of halogens is 1. The van der Waals surface area contributed by atoms with Gasteiger partial charge in [-0.1, -0.05) is 24.6 Å². The smallest absolute Gasteiger partial charge is 0.125 e. The van der Waals surface area contributed by atoms with Crippen molar-refractivity contribution in [2.75, 3.05) is 18.1 Å². The maximum Gasteiger partial charge on any atom is 0.125 e. The van der Waals surface area contributed by atoms with Crippen LogP contribution in [0.4, 0.5) is 0 Å². The highest BCUT2D eigenvalue weighted by Gasteiger charge is 2.05. The van der Waals surface area contributed by atoms with Gasteiger partial charge in [0, 0.05) is 22.9 Å². The molecule has 0 aliphatic heterocycles. The maximum atomic E-state index is 6.00. The van der Waals surface area contributed by atoms with E-state index in [1.165, 1.54) is 0 Å². The second-order valence-electron chi connectivity index (χ2n) is 2.97. The number of hydrogen-bond acceptors (Lipinski definition) is 3. The molecular formula is C11H16ClNOS. The Labute approximate surface area is 100 Å². The third kappa shape index (κ3) is 3.93. The van der Waals surface area contributed by atoms with Crippen LogP contribution in [0.15, 0.2) is 18.2 Å². The summed E-state index contributed by atoms with van der Waals surface area (Å²) >= 11 is 7.86. The fourth-order valence-corrected chi connectivity index (χ4v) is 1.96. The first-order valence-corrected chi connectivity index (χ1v) is 6.50. The van der Waals surface area contributed by atoms with Crippen LogP contribution in [-0.2, 0) is 6.54 Å². The van der Waals surface area contributed by atoms with E-state index in [-0.39, 0.29) is 0 Å². The monoisotopic (exact) mass is 245 g/mol. The number of ether oxygens (including phenoxy) is 1. The summed E-state index contributed by atoms with van der Waals surface area (Å²) in [5, 5.41) is 0.679. The maximum absolute atomic E-state index is 6.00. The molecule has 0 aliphatic rings. The van der Waals surface area contributed by atoms with Gasteiger partial charge in [-0.3, -0.25) is 0 Å². The molecule has 84 valence electrons. The molecule has 0 amide bonds. The SMILES string of the molecule is CCSCCOc1cccc(Cl)c1CN. The number of hydrogen-bond donors (Lipinski definition) is 1. The standard InChI is InChI=1S/C11H16ClNOS/c1-2-15-7-6-14-11-5-3-4-10(12)9(11)8-13/h3-5H,2,6-8,13H2,1H3. The van der Waals surface area contributed by atoms with E-state index in [0.717, 1.165) is 22.8 Å². The van der Waals surface area contributed by atoms with Gasteiger partial charge >= 0.3 is 0 Å². The lowest BCUT2D eigenvalue weighted by atomic mass is 10.2. The summed E-state index contributed by atoms with van der Waals surface area (Å²) in [5.41, 5.74) is 6.50. The Hall–Kier alpha value is -0.380. The molecule has 1 aromatic rings. The molecule has 2 N–H and O–H groups in total. The van der Waals surface area contributed by atoms with Gasteiger partial charge in [0.15, 0.2) is 0 Å². The molecule has 0 atom stereocenters. The zero-order valence-electron chi connectivity index (χ0n) is 8.83. The van der Waals surface area contributed by atoms with Crippen LogP contribution < -0.4 is 10.5 Å². The Morgan fingerprint density at radius 2 is 2.27 bits per heavy atom. The third-order valence-corrected chi connectivity index (χ3v) is 3.19. The molecular weight excluding hydrogens is 230 g/mol. The van der Waals surface area contributed by atoms with E-state index in [0.29, 0.717) is 18.2 Å². The van der Waals surface area contributed by atoms with E-state index < -0.39 is 0 Å². The van der Waals surface area contributed by atoms with Crippen LogP contribution >= 0.6 is 23.4 Å². The second-order valence-corrected chi connectivity index (χ2v) is 4.77. The lowest BCUT2D eigenvalue weighted by Gasteiger charge is -2.11. The summed E-state index contributed by atoms with van der Waals surface area (Å²) in [4.78, 5) is 0. The first-order chi connectivity index (χ1) is 7.29. The van der Waals surface area contributed by atoms with Gasteiger partial charge in [-0.25, -0.2) is 0 Å². The van der Waals surface area contributed by atoms with Crippen molar-refractivity contribution in [2.24, 2.45) is 5.73 Å². The van der Waals surface area contributed by atoms with E-state index in [9.17, 15) is 0 Å². The fourth-order valence-electron chi connectivity index (χ4n) is 1.23. The van der Waals surface area contributed by atoms with Crippen LogP contribution in [0.5, 0.6) is 5.75 Å². The Bertz CT molecular complexity index is 307. The minimum absolute atomic E-state index is 0.413. The first kappa shape index (κ1) is 12.7. The summed E-state index contributed by atoms with van der Waals surface area (Å²) in [6.07, 6.45) is 0. The average molecular weight is 246 g/mol. The van der Waals surface area contributed by atoms with Gasteiger partial charge in [0.1, 0.15) is 5.75 Å². The van der Waals surface area contributed by atoms with Crippen LogP contribution in [0.3, 0.4) is 0 Å². The quantitative estimate of drug-likeness (QED) is 0.783. The molecule has 0 fully saturated rings. The van der Waals surface area contributed by atoms with Crippen LogP contribution in [0.1, 0.15) is 12.5 Å². The van der Waals surface area contributed by atoms with Gasteiger partial charge in [-0.15, -0.1) is 0 Å². The van der Waals surface area contributed by atoms with E-state index in [1.807, 2.05) is 30.0 Å². The van der Waals surface area contributed by atoms with Crippen LogP contribution in [0.25, 0.3) is 0 Å². The molecule has 1 rings (SSSR count). The van der Waals surface area contributed by atoms with Gasteiger partial charge in [-0.05, 0) is 17.9 Å². The predicted molar refractivity (Wildman–Crippen MR) is 67.8 cm³/mol. The summed E-state index contributed by atoms with van der Waals surface area (Å²) in [7, 11) is 0. The van der Waals surface area contributed by atoms with Crippen molar-refractivity contribution >= 4 is 23.4 Å². The van der Waals surface area contributed by atoms with Gasteiger partial charge in [0.2, 0.25) is 0 Å². The summed E-state index contributed by atoms with van der Waals surface area (Å²) in [5.74, 6) is 2.91. The Kier molecular flexibility index (Phi) is 5.91. The summed E-state index contributed by atoms with van der Waals surface area (Å²) < 4.78 is 5.63. The van der Waals surface area contributed by atoms with E-state index in [2.05, 4.69) is 6.92 Å². The van der Waals surface area contributed by atoms with Gasteiger partial charge in [0.05, 0.1) is 6.61 Å². The summed E-state index contributed by atoms with van der Waals surface area (Å²) in [6, 6.07) is 5.62. The first-order valence-electron chi connectivity index (χ1n) is 4.97. The van der Waals surface area contributed by atoms with Crippen molar-refractivity contribution in [2.45, 2.75) is 13.5 Å². The molecule has 0 heterocycles. The fraction of sp³-hybridized carbons (Fsp3) is 0.455. The number of thioether (sulfide) groups is 1. The topological polar surface area (TPSA) is 35.2 Å². The highest BCUT2D eigenvalue weighted by molar-refractivity contribution is 7.99. The number of rotatable bonds is 6. The zero-order chi connectivity index (χ0) is 11.1. The molecule has 0 saturated heterocycles. The number of benzene rings is 1. The number of nitrogens with two attached hydrogens (primary N) is 1. The van der Waals surface area contributed by atoms with Crippen LogP contribution in [0, 0.1) is 0 Å². The highest BCUT2D eigenvalue weighted by Crippen LogP contribution is 2.25. The van der Waals surface area contributed by atoms with Gasteiger partial charge < -0.3 is 10.5 Å². The van der Waals surface area contributed by atoms with Crippen molar-refractivity contribution in [1.82, 2.24) is 0 Å². The second kappa shape index (κ2) is 6.99. The normalized spacial score (nSPS) is 10.3. The van der Waals surface area contributed by atoms with E-state index in [4.69, 9.17) is 22.1 Å². The van der Waals surface area contributed by atoms with E-state index >= 15 is 0 Å². The molecule has 1 aromatic carbocycles.